The fourth-order valence-corrected chi connectivity index (χ4v) is 4.23. The van der Waals surface area contributed by atoms with E-state index in [4.69, 9.17) is 5.73 Å². The number of nitrogens with one attached hydrogen (secondary N) is 2. The molecule has 1 amide bonds. The Morgan fingerprint density at radius 1 is 1.10 bits per heavy atom. The van der Waals surface area contributed by atoms with Gasteiger partial charge in [-0.3, -0.25) is 9.69 Å². The highest BCUT2D eigenvalue weighted by molar-refractivity contribution is 6.32. The van der Waals surface area contributed by atoms with Crippen LogP contribution in [0.25, 0.3) is 5.57 Å². The van der Waals surface area contributed by atoms with Crippen LogP contribution in [0.3, 0.4) is 0 Å². The lowest BCUT2D eigenvalue weighted by Crippen LogP contribution is -2.29. The van der Waals surface area contributed by atoms with Gasteiger partial charge in [0, 0.05) is 34.9 Å². The van der Waals surface area contributed by atoms with Crippen molar-refractivity contribution in [2.24, 2.45) is 0 Å². The number of piperidine rings is 1. The summed E-state index contributed by atoms with van der Waals surface area (Å²) in [5.41, 5.74) is 12.3. The molecule has 2 aromatic carbocycles. The zero-order valence-corrected chi connectivity index (χ0v) is 17.1. The Morgan fingerprint density at radius 3 is 2.59 bits per heavy atom. The molecule has 2 aliphatic heterocycles. The van der Waals surface area contributed by atoms with E-state index in [-0.39, 0.29) is 5.91 Å². The van der Waals surface area contributed by atoms with Crippen LogP contribution in [0.4, 0.5) is 17.1 Å². The average molecular weight is 391 g/mol. The van der Waals surface area contributed by atoms with Gasteiger partial charge in [-0.1, -0.05) is 31.9 Å². The summed E-state index contributed by atoms with van der Waals surface area (Å²) in [6.07, 6.45) is 5.72. The zero-order chi connectivity index (χ0) is 20.2. The van der Waals surface area contributed by atoms with Gasteiger partial charge in [-0.05, 0) is 68.2 Å². The van der Waals surface area contributed by atoms with Gasteiger partial charge in [-0.25, -0.2) is 0 Å². The molecule has 2 aliphatic rings. The third-order valence-electron chi connectivity index (χ3n) is 5.69. The number of carbonyl (C=O) groups excluding carboxylic acids is 1. The van der Waals surface area contributed by atoms with Crippen LogP contribution in [-0.2, 0) is 11.3 Å². The molecule has 1 fully saturated rings. The van der Waals surface area contributed by atoms with E-state index in [1.807, 2.05) is 18.2 Å². The number of benzene rings is 2. The number of allylic oxidation sites excluding steroid dienone is 1. The van der Waals surface area contributed by atoms with Gasteiger partial charge >= 0.3 is 0 Å². The number of likely N-dealkylation sites (tertiary alicyclic amines) is 1. The molecule has 0 saturated carbocycles. The number of nitrogen functional groups attached to an aromatic ring is 1. The Kier molecular flexibility index (Phi) is 5.86. The SMILES string of the molecule is CCCC(Nc1ccc(CN2CCCCC2)cc1)=C1C(=O)Nc2ccc(N)cc21. The summed E-state index contributed by atoms with van der Waals surface area (Å²) in [7, 11) is 0. The molecular weight excluding hydrogens is 360 g/mol. The van der Waals surface area contributed by atoms with Crippen LogP contribution in [-0.4, -0.2) is 23.9 Å². The van der Waals surface area contributed by atoms with Crippen molar-refractivity contribution in [3.8, 4) is 0 Å². The van der Waals surface area contributed by atoms with Gasteiger partial charge in [0.15, 0.2) is 0 Å². The van der Waals surface area contributed by atoms with Crippen molar-refractivity contribution < 1.29 is 4.79 Å². The average Bonchev–Trinajstić information content (AvgIpc) is 3.05. The molecule has 4 rings (SSSR count). The first-order chi connectivity index (χ1) is 14.1. The van der Waals surface area contributed by atoms with E-state index in [0.29, 0.717) is 11.3 Å². The molecule has 1 saturated heterocycles. The molecule has 2 aromatic rings. The number of hydrogen-bond donors (Lipinski definition) is 3. The first-order valence-corrected chi connectivity index (χ1v) is 10.7. The van der Waals surface area contributed by atoms with Gasteiger partial charge in [-0.2, -0.15) is 0 Å². The highest BCUT2D eigenvalue weighted by Crippen LogP contribution is 2.36. The number of nitrogens with zero attached hydrogens (tertiary/aromatic N) is 1. The van der Waals surface area contributed by atoms with E-state index in [2.05, 4.69) is 46.7 Å². The lowest BCUT2D eigenvalue weighted by Gasteiger charge is -2.26. The van der Waals surface area contributed by atoms with Gasteiger partial charge in [0.2, 0.25) is 0 Å². The van der Waals surface area contributed by atoms with Gasteiger partial charge in [0.25, 0.3) is 5.91 Å². The summed E-state index contributed by atoms with van der Waals surface area (Å²) in [6, 6.07) is 14.2. The summed E-state index contributed by atoms with van der Waals surface area (Å²) in [6.45, 7) is 5.53. The van der Waals surface area contributed by atoms with Crippen molar-refractivity contribution in [3.05, 3.63) is 59.3 Å². The number of amides is 1. The van der Waals surface area contributed by atoms with Gasteiger partial charge < -0.3 is 16.4 Å². The van der Waals surface area contributed by atoms with Gasteiger partial charge in [0.1, 0.15) is 0 Å². The molecule has 4 N–H and O–H groups in total. The fourth-order valence-electron chi connectivity index (χ4n) is 4.23. The molecular formula is C24H30N4O. The van der Waals surface area contributed by atoms with Crippen molar-refractivity contribution in [2.75, 3.05) is 29.5 Å². The second-order valence-electron chi connectivity index (χ2n) is 8.02. The zero-order valence-electron chi connectivity index (χ0n) is 17.1. The number of fused-ring (bicyclic) bond motifs is 1. The Labute approximate surface area is 173 Å². The van der Waals surface area contributed by atoms with Crippen molar-refractivity contribution in [1.82, 2.24) is 4.90 Å². The third-order valence-corrected chi connectivity index (χ3v) is 5.69. The van der Waals surface area contributed by atoms with E-state index in [1.54, 1.807) is 0 Å². The lowest BCUT2D eigenvalue weighted by molar-refractivity contribution is -0.110. The van der Waals surface area contributed by atoms with Crippen LogP contribution in [0.1, 0.15) is 50.2 Å². The number of nitrogens with two attached hydrogens (primary N) is 1. The molecule has 0 unspecified atom stereocenters. The topological polar surface area (TPSA) is 70.4 Å². The molecule has 2 heterocycles. The first-order valence-electron chi connectivity index (χ1n) is 10.7. The molecule has 0 bridgehead atoms. The second-order valence-corrected chi connectivity index (χ2v) is 8.02. The summed E-state index contributed by atoms with van der Waals surface area (Å²) < 4.78 is 0. The second kappa shape index (κ2) is 8.70. The Bertz CT molecular complexity index is 911. The summed E-state index contributed by atoms with van der Waals surface area (Å²) in [5, 5.41) is 6.46. The van der Waals surface area contributed by atoms with E-state index in [1.165, 1.54) is 37.9 Å². The summed E-state index contributed by atoms with van der Waals surface area (Å²) in [4.78, 5) is 15.2. The third kappa shape index (κ3) is 4.46. The number of hydrogen-bond acceptors (Lipinski definition) is 4. The van der Waals surface area contributed by atoms with Gasteiger partial charge in [0.05, 0.1) is 5.57 Å². The van der Waals surface area contributed by atoms with Crippen molar-refractivity contribution in [3.63, 3.8) is 0 Å². The molecule has 5 nitrogen and oxygen atoms in total. The number of carbonyl (C=O) groups is 1. The normalized spacial score (nSPS) is 18.3. The van der Waals surface area contributed by atoms with E-state index >= 15 is 0 Å². The molecule has 0 aliphatic carbocycles. The van der Waals surface area contributed by atoms with E-state index in [9.17, 15) is 4.79 Å². The molecule has 0 aromatic heterocycles. The van der Waals surface area contributed by atoms with E-state index in [0.717, 1.165) is 42.0 Å². The minimum atomic E-state index is -0.0664. The fraction of sp³-hybridized carbons (Fsp3) is 0.375. The number of rotatable bonds is 6. The molecule has 5 heteroatoms. The molecule has 0 atom stereocenters. The maximum absolute atomic E-state index is 12.7. The first kappa shape index (κ1) is 19.5. The minimum absolute atomic E-state index is 0.0664. The Balaban J connectivity index is 1.55. The standard InChI is InChI=1S/C24H30N4O/c1-2-6-22(23-20-15-18(25)9-12-21(20)27-24(23)29)26-19-10-7-17(8-11-19)16-28-13-4-3-5-14-28/h7-12,15,26H,2-6,13-14,16,25H2,1H3,(H,27,29). The maximum Gasteiger partial charge on any atom is 0.258 e. The molecule has 0 spiro atoms. The molecule has 29 heavy (non-hydrogen) atoms. The molecule has 0 radical (unpaired) electrons. The highest BCUT2D eigenvalue weighted by atomic mass is 16.2. The highest BCUT2D eigenvalue weighted by Gasteiger charge is 2.27. The van der Waals surface area contributed by atoms with Gasteiger partial charge in [-0.15, -0.1) is 0 Å². The van der Waals surface area contributed by atoms with Crippen LogP contribution < -0.4 is 16.4 Å². The van der Waals surface area contributed by atoms with Crippen molar-refractivity contribution in [2.45, 2.75) is 45.6 Å². The van der Waals surface area contributed by atoms with Crippen LogP contribution in [0.15, 0.2) is 48.2 Å². The minimum Gasteiger partial charge on any atom is -0.399 e. The van der Waals surface area contributed by atoms with Crippen LogP contribution in [0.5, 0.6) is 0 Å². The summed E-state index contributed by atoms with van der Waals surface area (Å²) in [5.74, 6) is -0.0664. The largest absolute Gasteiger partial charge is 0.399 e. The van der Waals surface area contributed by atoms with Crippen LogP contribution in [0.2, 0.25) is 0 Å². The smallest absolute Gasteiger partial charge is 0.258 e. The Morgan fingerprint density at radius 2 is 1.86 bits per heavy atom. The van der Waals surface area contributed by atoms with Crippen LogP contribution in [0, 0.1) is 0 Å². The van der Waals surface area contributed by atoms with E-state index < -0.39 is 0 Å². The Hall–Kier alpha value is -2.79. The number of anilines is 3. The monoisotopic (exact) mass is 390 g/mol. The predicted octanol–water partition coefficient (Wildman–Crippen LogP) is 4.83. The summed E-state index contributed by atoms with van der Waals surface area (Å²) >= 11 is 0. The van der Waals surface area contributed by atoms with Crippen molar-refractivity contribution >= 4 is 28.5 Å². The quantitative estimate of drug-likeness (QED) is 0.488. The maximum atomic E-state index is 12.7. The lowest BCUT2D eigenvalue weighted by atomic mass is 10.0. The van der Waals surface area contributed by atoms with Crippen LogP contribution >= 0.6 is 0 Å². The molecule has 152 valence electrons. The van der Waals surface area contributed by atoms with Crippen molar-refractivity contribution in [1.29, 1.82) is 0 Å². The predicted molar refractivity (Wildman–Crippen MR) is 121 cm³/mol.